The van der Waals surface area contributed by atoms with Crippen molar-refractivity contribution >= 4 is 29.7 Å². The molecule has 3 atom stereocenters. The molecule has 3 aromatic carbocycles. The number of carbonyl (C=O) groups excluding carboxylic acids is 3. The van der Waals surface area contributed by atoms with Gasteiger partial charge in [0.25, 0.3) is 5.91 Å². The van der Waals surface area contributed by atoms with Crippen LogP contribution >= 0.6 is 0 Å². The third-order valence-electron chi connectivity index (χ3n) is 6.98. The number of anilines is 1. The van der Waals surface area contributed by atoms with Gasteiger partial charge >= 0.3 is 6.09 Å². The molecule has 0 radical (unpaired) electrons. The summed E-state index contributed by atoms with van der Waals surface area (Å²) in [5, 5.41) is 5.86. The van der Waals surface area contributed by atoms with Gasteiger partial charge in [0.1, 0.15) is 17.7 Å². The lowest BCUT2D eigenvalue weighted by Crippen LogP contribution is -2.55. The summed E-state index contributed by atoms with van der Waals surface area (Å²) in [6.45, 7) is 15.0. The molecule has 3 unspecified atom stereocenters. The van der Waals surface area contributed by atoms with Crippen LogP contribution in [0.1, 0.15) is 69.3 Å². The van der Waals surface area contributed by atoms with E-state index in [0.29, 0.717) is 17.7 Å². The molecule has 7 nitrogen and oxygen atoms in total. The molecule has 42 heavy (non-hydrogen) atoms. The summed E-state index contributed by atoms with van der Waals surface area (Å²) < 4.78 is 5.53. The van der Waals surface area contributed by atoms with Crippen molar-refractivity contribution in [2.75, 3.05) is 5.32 Å². The fraction of sp³-hybridized carbons (Fsp3) is 0.343. The number of amides is 3. The number of hydrogen-bond acceptors (Lipinski definition) is 4. The molecular formula is C35H43N3O4. The monoisotopic (exact) mass is 569 g/mol. The molecule has 0 aliphatic heterocycles. The Morgan fingerprint density at radius 1 is 0.976 bits per heavy atom. The van der Waals surface area contributed by atoms with Crippen LogP contribution in [0.5, 0.6) is 0 Å². The number of para-hydroxylation sites is 1. The number of alkyl carbamates (subject to hydrolysis) is 1. The molecule has 3 rings (SSSR count). The van der Waals surface area contributed by atoms with E-state index in [4.69, 9.17) is 4.74 Å². The Balaban J connectivity index is 2.11. The lowest BCUT2D eigenvalue weighted by Gasteiger charge is -2.38. The maximum Gasteiger partial charge on any atom is 0.408 e. The van der Waals surface area contributed by atoms with E-state index in [0.717, 1.165) is 16.7 Å². The standard InChI is InChI=1S/C35H43N3O4/c1-8-25(4)38(33(40)30(23-27-17-11-10-12-18-27)37-34(41)42-35(5,6)7)31(28-20-15-19-26(9-2)22-28)32(39)36-29-21-14-13-16-24(29)3/h9-22,25,30-31H,2,8,23H2,1,3-7H3,(H,36,39)(H,37,41). The first-order chi connectivity index (χ1) is 19.9. The van der Waals surface area contributed by atoms with Gasteiger partial charge in [-0.15, -0.1) is 0 Å². The minimum Gasteiger partial charge on any atom is -0.444 e. The van der Waals surface area contributed by atoms with Crippen LogP contribution in [0.2, 0.25) is 0 Å². The highest BCUT2D eigenvalue weighted by atomic mass is 16.6. The van der Waals surface area contributed by atoms with Crippen molar-refractivity contribution < 1.29 is 19.1 Å². The molecule has 3 aromatic rings. The number of hydrogen-bond donors (Lipinski definition) is 2. The van der Waals surface area contributed by atoms with Crippen LogP contribution < -0.4 is 10.6 Å². The molecule has 0 aromatic heterocycles. The SMILES string of the molecule is C=Cc1cccc(C(C(=O)Nc2ccccc2C)N(C(=O)C(Cc2ccccc2)NC(=O)OC(C)(C)C)C(C)CC)c1. The second kappa shape index (κ2) is 14.5. The highest BCUT2D eigenvalue weighted by molar-refractivity contribution is 5.99. The van der Waals surface area contributed by atoms with E-state index >= 15 is 0 Å². The lowest BCUT2D eigenvalue weighted by atomic mass is 9.96. The van der Waals surface area contributed by atoms with Crippen LogP contribution in [0.25, 0.3) is 6.08 Å². The summed E-state index contributed by atoms with van der Waals surface area (Å²) in [5.74, 6) is -0.733. The Hall–Kier alpha value is -4.39. The summed E-state index contributed by atoms with van der Waals surface area (Å²) in [6, 6.07) is 22.1. The zero-order valence-corrected chi connectivity index (χ0v) is 25.5. The average Bonchev–Trinajstić information content (AvgIpc) is 2.95. The fourth-order valence-corrected chi connectivity index (χ4v) is 4.68. The number of aryl methyl sites for hydroxylation is 1. The van der Waals surface area contributed by atoms with E-state index in [1.54, 1.807) is 31.7 Å². The molecule has 0 heterocycles. The van der Waals surface area contributed by atoms with Gasteiger partial charge in [-0.1, -0.05) is 86.3 Å². The van der Waals surface area contributed by atoms with Gasteiger partial charge in [-0.05, 0) is 75.4 Å². The normalized spacial score (nSPS) is 13.3. The van der Waals surface area contributed by atoms with Crippen LogP contribution in [-0.4, -0.2) is 40.5 Å². The van der Waals surface area contributed by atoms with Gasteiger partial charge in [-0.25, -0.2) is 4.79 Å². The Bertz CT molecular complexity index is 1380. The number of rotatable bonds is 11. The van der Waals surface area contributed by atoms with E-state index in [9.17, 15) is 14.4 Å². The van der Waals surface area contributed by atoms with Crippen molar-refractivity contribution in [1.29, 1.82) is 0 Å². The molecule has 0 aliphatic carbocycles. The molecular weight excluding hydrogens is 526 g/mol. The first-order valence-corrected chi connectivity index (χ1v) is 14.4. The quantitative estimate of drug-likeness (QED) is 0.258. The van der Waals surface area contributed by atoms with Crippen LogP contribution in [0.15, 0.2) is 85.4 Å². The summed E-state index contributed by atoms with van der Waals surface area (Å²) in [4.78, 5) is 43.3. The first-order valence-electron chi connectivity index (χ1n) is 14.4. The van der Waals surface area contributed by atoms with E-state index < -0.39 is 23.8 Å². The summed E-state index contributed by atoms with van der Waals surface area (Å²) in [7, 11) is 0. The van der Waals surface area contributed by atoms with Crippen molar-refractivity contribution in [1.82, 2.24) is 10.2 Å². The minimum atomic E-state index is -0.981. The minimum absolute atomic E-state index is 0.227. The van der Waals surface area contributed by atoms with E-state index in [1.165, 1.54) is 0 Å². The number of nitrogens with zero attached hydrogens (tertiary/aromatic N) is 1. The van der Waals surface area contributed by atoms with Crippen molar-refractivity contribution in [2.24, 2.45) is 0 Å². The molecule has 222 valence electrons. The zero-order chi connectivity index (χ0) is 30.9. The summed E-state index contributed by atoms with van der Waals surface area (Å²) in [5.41, 5.74) is 3.15. The molecule has 3 amide bonds. The van der Waals surface area contributed by atoms with Crippen LogP contribution in [0.3, 0.4) is 0 Å². The smallest absolute Gasteiger partial charge is 0.408 e. The second-order valence-electron chi connectivity index (χ2n) is 11.5. The first kappa shape index (κ1) is 32.1. The average molecular weight is 570 g/mol. The topological polar surface area (TPSA) is 87.7 Å². The van der Waals surface area contributed by atoms with Gasteiger partial charge in [0.2, 0.25) is 5.91 Å². The number of nitrogens with one attached hydrogen (secondary N) is 2. The maximum absolute atomic E-state index is 14.6. The van der Waals surface area contributed by atoms with Crippen LogP contribution in [0, 0.1) is 6.92 Å². The third kappa shape index (κ3) is 8.80. The molecule has 0 spiro atoms. The van der Waals surface area contributed by atoms with Crippen molar-refractivity contribution in [3.8, 4) is 0 Å². The van der Waals surface area contributed by atoms with Gasteiger partial charge in [0.05, 0.1) is 0 Å². The molecule has 0 aliphatic rings. The molecule has 2 N–H and O–H groups in total. The molecule has 0 saturated heterocycles. The predicted octanol–water partition coefficient (Wildman–Crippen LogP) is 7.08. The van der Waals surface area contributed by atoms with E-state index in [1.807, 2.05) is 99.6 Å². The molecule has 0 saturated carbocycles. The number of carbonyl (C=O) groups is 3. The van der Waals surface area contributed by atoms with Crippen molar-refractivity contribution in [3.05, 3.63) is 108 Å². The Morgan fingerprint density at radius 3 is 2.26 bits per heavy atom. The third-order valence-corrected chi connectivity index (χ3v) is 6.98. The van der Waals surface area contributed by atoms with E-state index in [-0.39, 0.29) is 24.3 Å². The summed E-state index contributed by atoms with van der Waals surface area (Å²) in [6.07, 6.45) is 1.82. The summed E-state index contributed by atoms with van der Waals surface area (Å²) >= 11 is 0. The molecule has 0 bridgehead atoms. The highest BCUT2D eigenvalue weighted by Gasteiger charge is 2.38. The van der Waals surface area contributed by atoms with Gasteiger partial charge in [0.15, 0.2) is 0 Å². The zero-order valence-electron chi connectivity index (χ0n) is 25.5. The van der Waals surface area contributed by atoms with Gasteiger partial charge in [0, 0.05) is 18.2 Å². The Kier molecular flexibility index (Phi) is 11.1. The largest absolute Gasteiger partial charge is 0.444 e. The lowest BCUT2D eigenvalue weighted by molar-refractivity contribution is -0.143. The Morgan fingerprint density at radius 2 is 1.64 bits per heavy atom. The van der Waals surface area contributed by atoms with E-state index in [2.05, 4.69) is 17.2 Å². The van der Waals surface area contributed by atoms with Gasteiger partial charge < -0.3 is 20.3 Å². The van der Waals surface area contributed by atoms with Gasteiger partial charge in [-0.2, -0.15) is 0 Å². The Labute approximate surface area is 250 Å². The van der Waals surface area contributed by atoms with Crippen LogP contribution in [0.4, 0.5) is 10.5 Å². The molecule has 0 fully saturated rings. The highest BCUT2D eigenvalue weighted by Crippen LogP contribution is 2.29. The van der Waals surface area contributed by atoms with Gasteiger partial charge in [-0.3, -0.25) is 9.59 Å². The van der Waals surface area contributed by atoms with Crippen molar-refractivity contribution in [3.63, 3.8) is 0 Å². The number of ether oxygens (including phenoxy) is 1. The second-order valence-corrected chi connectivity index (χ2v) is 11.5. The molecule has 7 heteroatoms. The predicted molar refractivity (Wildman–Crippen MR) is 169 cm³/mol. The van der Waals surface area contributed by atoms with Crippen LogP contribution in [-0.2, 0) is 20.7 Å². The number of benzene rings is 3. The fourth-order valence-electron chi connectivity index (χ4n) is 4.68. The maximum atomic E-state index is 14.6. The van der Waals surface area contributed by atoms with Crippen molar-refractivity contribution in [2.45, 2.75) is 78.1 Å².